The number of nitrogens with zero attached hydrogens (tertiary/aromatic N) is 3. The van der Waals surface area contributed by atoms with Crippen LogP contribution in [0.2, 0.25) is 0 Å². The molecule has 0 atom stereocenters. The molecule has 3 nitrogen and oxygen atoms in total. The van der Waals surface area contributed by atoms with Gasteiger partial charge in [-0.15, -0.1) is 0 Å². The second-order valence-electron chi connectivity index (χ2n) is 12.3. The first kappa shape index (κ1) is 26.7. The maximum Gasteiger partial charge on any atom is 0.165 e. The molecule has 3 heteroatoms. The third-order valence-electron chi connectivity index (χ3n) is 9.65. The molecule has 222 valence electrons. The molecule has 0 unspecified atom stereocenters. The maximum absolute atomic E-state index is 5.38. The topological polar surface area (TPSA) is 38.7 Å². The largest absolute Gasteiger partial charge is 0.208 e. The van der Waals surface area contributed by atoms with E-state index >= 15 is 0 Å². The van der Waals surface area contributed by atoms with Gasteiger partial charge in [0.25, 0.3) is 0 Å². The average Bonchev–Trinajstić information content (AvgIpc) is 3.16. The third-order valence-corrected chi connectivity index (χ3v) is 9.65. The minimum atomic E-state index is 0.653. The predicted octanol–water partition coefficient (Wildman–Crippen LogP) is 11.8. The van der Waals surface area contributed by atoms with Crippen LogP contribution in [0.1, 0.15) is 0 Å². The number of fused-ring (bicyclic) bond motifs is 10. The molecule has 0 amide bonds. The summed E-state index contributed by atoms with van der Waals surface area (Å²) in [5.74, 6) is 1.98. The lowest BCUT2D eigenvalue weighted by Crippen LogP contribution is -2.02. The number of aromatic nitrogens is 3. The Morgan fingerprint density at radius 2 is 0.729 bits per heavy atom. The van der Waals surface area contributed by atoms with Gasteiger partial charge in [-0.05, 0) is 76.8 Å². The quantitative estimate of drug-likeness (QED) is 0.148. The minimum Gasteiger partial charge on any atom is -0.208 e. The highest BCUT2D eigenvalue weighted by Crippen LogP contribution is 2.43. The molecule has 10 aromatic rings. The van der Waals surface area contributed by atoms with Crippen molar-refractivity contribution in [1.29, 1.82) is 0 Å². The fourth-order valence-corrected chi connectivity index (χ4v) is 7.53. The van der Waals surface area contributed by atoms with Crippen LogP contribution in [0.4, 0.5) is 0 Å². The van der Waals surface area contributed by atoms with E-state index in [-0.39, 0.29) is 0 Å². The summed E-state index contributed by atoms with van der Waals surface area (Å²) in [4.78, 5) is 15.8. The zero-order valence-corrected chi connectivity index (χ0v) is 25.9. The molecule has 0 saturated carbocycles. The summed E-state index contributed by atoms with van der Waals surface area (Å²) < 4.78 is 0. The summed E-state index contributed by atoms with van der Waals surface area (Å²) in [5, 5.41) is 14.3. The zero-order valence-electron chi connectivity index (χ0n) is 25.9. The van der Waals surface area contributed by atoms with E-state index in [2.05, 4.69) is 146 Å². The Morgan fingerprint density at radius 3 is 1.38 bits per heavy atom. The van der Waals surface area contributed by atoms with E-state index in [1.165, 1.54) is 37.7 Å². The molecule has 0 N–H and O–H groups in total. The average molecular weight is 610 g/mol. The minimum absolute atomic E-state index is 0.653. The van der Waals surface area contributed by atoms with Crippen molar-refractivity contribution in [3.8, 4) is 34.2 Å². The van der Waals surface area contributed by atoms with Crippen molar-refractivity contribution in [2.45, 2.75) is 0 Å². The zero-order chi connectivity index (χ0) is 31.6. The van der Waals surface area contributed by atoms with Gasteiger partial charge >= 0.3 is 0 Å². The normalized spacial score (nSPS) is 11.8. The predicted molar refractivity (Wildman–Crippen MR) is 201 cm³/mol. The van der Waals surface area contributed by atoms with Gasteiger partial charge in [-0.1, -0.05) is 152 Å². The summed E-state index contributed by atoms with van der Waals surface area (Å²) in [7, 11) is 0. The van der Waals surface area contributed by atoms with Crippen LogP contribution >= 0.6 is 0 Å². The van der Waals surface area contributed by atoms with Crippen molar-refractivity contribution in [1.82, 2.24) is 15.0 Å². The number of hydrogen-bond acceptors (Lipinski definition) is 3. The first-order valence-corrected chi connectivity index (χ1v) is 16.3. The first-order chi connectivity index (χ1) is 23.8. The summed E-state index contributed by atoms with van der Waals surface area (Å²) in [5.41, 5.74) is 2.96. The van der Waals surface area contributed by atoms with Gasteiger partial charge in [-0.2, -0.15) is 0 Å². The molecule has 0 spiro atoms. The summed E-state index contributed by atoms with van der Waals surface area (Å²) in [6.45, 7) is 0. The number of benzene rings is 9. The molecule has 1 heterocycles. The summed E-state index contributed by atoms with van der Waals surface area (Å²) >= 11 is 0. The van der Waals surface area contributed by atoms with Gasteiger partial charge in [0.2, 0.25) is 0 Å². The molecule has 0 bridgehead atoms. The second-order valence-corrected chi connectivity index (χ2v) is 12.3. The monoisotopic (exact) mass is 609 g/mol. The van der Waals surface area contributed by atoms with Crippen molar-refractivity contribution in [3.05, 3.63) is 164 Å². The van der Waals surface area contributed by atoms with E-state index in [0.717, 1.165) is 43.6 Å². The van der Waals surface area contributed by atoms with Crippen LogP contribution < -0.4 is 0 Å². The van der Waals surface area contributed by atoms with Crippen LogP contribution in [0.3, 0.4) is 0 Å². The lowest BCUT2D eigenvalue weighted by molar-refractivity contribution is 1.08. The molecule has 0 aliphatic carbocycles. The molecular formula is C45H27N3. The van der Waals surface area contributed by atoms with Gasteiger partial charge in [0.15, 0.2) is 17.5 Å². The molecule has 0 aliphatic heterocycles. The highest BCUT2D eigenvalue weighted by atomic mass is 15.0. The van der Waals surface area contributed by atoms with Gasteiger partial charge in [0.05, 0.1) is 0 Å². The van der Waals surface area contributed by atoms with Crippen LogP contribution in [0.5, 0.6) is 0 Å². The second kappa shape index (κ2) is 10.5. The Balaban J connectivity index is 1.36. The standard InChI is InChI=1S/C45H27N3/c1-2-14-28(15-3-1)43-46-44(48-45(47-43)42-31-18-6-4-16-29(31)26-30-17-5-7-19-32(30)42)40-27-39-35-22-9-8-20-33(35)34-21-10-12-24-37(34)41(39)38-25-13-11-23-36(38)40/h1-27H. The van der Waals surface area contributed by atoms with Crippen molar-refractivity contribution >= 4 is 64.6 Å². The van der Waals surface area contributed by atoms with Crippen LogP contribution in [-0.2, 0) is 0 Å². The Labute approximate surface area is 276 Å². The Bertz CT molecular complexity index is 2840. The smallest absolute Gasteiger partial charge is 0.165 e. The van der Waals surface area contributed by atoms with Gasteiger partial charge in [-0.25, -0.2) is 15.0 Å². The fourth-order valence-electron chi connectivity index (χ4n) is 7.53. The Kier molecular flexibility index (Phi) is 5.87. The number of hydrogen-bond donors (Lipinski definition) is 0. The van der Waals surface area contributed by atoms with E-state index in [9.17, 15) is 0 Å². The Hall–Kier alpha value is -6.45. The lowest BCUT2D eigenvalue weighted by Gasteiger charge is -2.17. The molecule has 0 aliphatic rings. The van der Waals surface area contributed by atoms with Crippen molar-refractivity contribution in [3.63, 3.8) is 0 Å². The maximum atomic E-state index is 5.38. The van der Waals surface area contributed by atoms with Crippen molar-refractivity contribution in [2.24, 2.45) is 0 Å². The molecule has 48 heavy (non-hydrogen) atoms. The van der Waals surface area contributed by atoms with Gasteiger partial charge in [-0.3, -0.25) is 0 Å². The highest BCUT2D eigenvalue weighted by Gasteiger charge is 2.20. The summed E-state index contributed by atoms with van der Waals surface area (Å²) in [6, 6.07) is 58.0. The molecule has 0 fully saturated rings. The van der Waals surface area contributed by atoms with Crippen molar-refractivity contribution in [2.75, 3.05) is 0 Å². The molecule has 10 rings (SSSR count). The molecule has 0 saturated heterocycles. The van der Waals surface area contributed by atoms with Crippen LogP contribution in [-0.4, -0.2) is 15.0 Å². The lowest BCUT2D eigenvalue weighted by atomic mass is 9.89. The molecule has 0 radical (unpaired) electrons. The van der Waals surface area contributed by atoms with E-state index in [1.54, 1.807) is 0 Å². The van der Waals surface area contributed by atoms with E-state index in [0.29, 0.717) is 17.5 Å². The van der Waals surface area contributed by atoms with Crippen molar-refractivity contribution < 1.29 is 0 Å². The molecule has 1 aromatic heterocycles. The van der Waals surface area contributed by atoms with Gasteiger partial charge in [0.1, 0.15) is 0 Å². The van der Waals surface area contributed by atoms with Crippen LogP contribution in [0.25, 0.3) is 98.8 Å². The fraction of sp³-hybridized carbons (Fsp3) is 0. The third kappa shape index (κ3) is 4.04. The molecule has 9 aromatic carbocycles. The van der Waals surface area contributed by atoms with Gasteiger partial charge in [0, 0.05) is 16.7 Å². The highest BCUT2D eigenvalue weighted by molar-refractivity contribution is 6.32. The van der Waals surface area contributed by atoms with E-state index in [1.807, 2.05) is 18.2 Å². The Morgan fingerprint density at radius 1 is 0.292 bits per heavy atom. The number of rotatable bonds is 3. The SMILES string of the molecule is c1ccc(-c2nc(-c3c4ccccc4cc4ccccc34)nc(-c3cc4c5ccccc5c5ccccc5c4c4ccccc34)n2)cc1. The van der Waals surface area contributed by atoms with Crippen LogP contribution in [0, 0.1) is 0 Å². The van der Waals surface area contributed by atoms with E-state index < -0.39 is 0 Å². The van der Waals surface area contributed by atoms with E-state index in [4.69, 9.17) is 15.0 Å². The first-order valence-electron chi connectivity index (χ1n) is 16.3. The van der Waals surface area contributed by atoms with Crippen LogP contribution in [0.15, 0.2) is 164 Å². The van der Waals surface area contributed by atoms with Gasteiger partial charge < -0.3 is 0 Å². The summed E-state index contributed by atoms with van der Waals surface area (Å²) in [6.07, 6.45) is 0. The molecular weight excluding hydrogens is 583 g/mol.